The molecule has 3 rings (SSSR count). The van der Waals surface area contributed by atoms with Gasteiger partial charge in [0.1, 0.15) is 22.8 Å². The van der Waals surface area contributed by atoms with Gasteiger partial charge < -0.3 is 14.2 Å². The van der Waals surface area contributed by atoms with Gasteiger partial charge in [-0.05, 0) is 43.2 Å². The number of esters is 1. The maximum atomic E-state index is 14.7. The lowest BCUT2D eigenvalue weighted by molar-refractivity contribution is -0.147. The molecule has 0 amide bonds. The summed E-state index contributed by atoms with van der Waals surface area (Å²) in [6.45, 7) is 3.48. The van der Waals surface area contributed by atoms with E-state index in [1.165, 1.54) is 26.4 Å². The van der Waals surface area contributed by atoms with Crippen LogP contribution in [-0.4, -0.2) is 31.3 Å². The minimum absolute atomic E-state index is 0.106. The van der Waals surface area contributed by atoms with Crippen molar-refractivity contribution in [3.63, 3.8) is 0 Å². The number of ether oxygens (including phenoxy) is 3. The molecule has 0 aliphatic carbocycles. The van der Waals surface area contributed by atoms with Crippen LogP contribution in [0.4, 0.5) is 4.39 Å². The van der Waals surface area contributed by atoms with Crippen molar-refractivity contribution in [1.29, 1.82) is 0 Å². The van der Waals surface area contributed by atoms with E-state index < -0.39 is 17.9 Å². The average Bonchev–Trinajstić information content (AvgIpc) is 2.76. The zero-order chi connectivity index (χ0) is 22.7. The van der Waals surface area contributed by atoms with E-state index in [1.807, 2.05) is 13.0 Å². The van der Waals surface area contributed by atoms with E-state index in [1.54, 1.807) is 19.1 Å². The molecule has 0 N–H and O–H groups in total. The first-order valence-electron chi connectivity index (χ1n) is 9.67. The monoisotopic (exact) mass is 465 g/mol. The predicted octanol–water partition coefficient (Wildman–Crippen LogP) is 5.78. The van der Waals surface area contributed by atoms with Crippen molar-refractivity contribution < 1.29 is 23.4 Å². The van der Waals surface area contributed by atoms with Crippen molar-refractivity contribution in [3.8, 4) is 11.5 Å². The standard InChI is InChI=1S/C23H22Cl2FNO4/c1-5-18-15(10-13-6-7-14(24)11-16(13)25)22(29-3)20-19(31-12(2)23(28)30-4)9-8-17(26)21(20)27-18/h6-9,11-12H,5,10H2,1-4H3/t12-/m0/s1. The molecular formula is C23H22Cl2FNO4. The van der Waals surface area contributed by atoms with Crippen molar-refractivity contribution in [3.05, 3.63) is 63.0 Å². The van der Waals surface area contributed by atoms with E-state index in [9.17, 15) is 9.18 Å². The smallest absolute Gasteiger partial charge is 0.346 e. The quantitative estimate of drug-likeness (QED) is 0.413. The highest BCUT2D eigenvalue weighted by atomic mass is 35.5. The number of fused-ring (bicyclic) bond motifs is 1. The number of carbonyl (C=O) groups is 1. The van der Waals surface area contributed by atoms with Gasteiger partial charge >= 0.3 is 5.97 Å². The molecule has 0 saturated carbocycles. The molecule has 0 aliphatic rings. The van der Waals surface area contributed by atoms with Gasteiger partial charge in [-0.1, -0.05) is 36.2 Å². The van der Waals surface area contributed by atoms with E-state index >= 15 is 0 Å². The third-order valence-electron chi connectivity index (χ3n) is 4.94. The maximum absolute atomic E-state index is 14.7. The van der Waals surface area contributed by atoms with Gasteiger partial charge in [-0.2, -0.15) is 0 Å². The summed E-state index contributed by atoms with van der Waals surface area (Å²) in [6.07, 6.45) is 0.0485. The first kappa shape index (κ1) is 23.1. The fourth-order valence-corrected chi connectivity index (χ4v) is 3.89. The highest BCUT2D eigenvalue weighted by Crippen LogP contribution is 2.40. The van der Waals surface area contributed by atoms with Crippen LogP contribution in [0.1, 0.15) is 30.7 Å². The Labute approximate surface area is 190 Å². The summed E-state index contributed by atoms with van der Waals surface area (Å²) < 4.78 is 31.0. The number of rotatable bonds is 7. The minimum Gasteiger partial charge on any atom is -0.496 e. The number of hydrogen-bond acceptors (Lipinski definition) is 5. The first-order valence-corrected chi connectivity index (χ1v) is 10.4. The number of aromatic nitrogens is 1. The van der Waals surface area contributed by atoms with Crippen LogP contribution in [0.25, 0.3) is 10.9 Å². The molecule has 0 aliphatic heterocycles. The Morgan fingerprint density at radius 1 is 1.19 bits per heavy atom. The summed E-state index contributed by atoms with van der Waals surface area (Å²) in [5.41, 5.74) is 2.35. The van der Waals surface area contributed by atoms with Crippen LogP contribution in [0.3, 0.4) is 0 Å². The highest BCUT2D eigenvalue weighted by Gasteiger charge is 2.24. The lowest BCUT2D eigenvalue weighted by Crippen LogP contribution is -2.25. The number of benzene rings is 2. The second-order valence-electron chi connectivity index (χ2n) is 6.89. The summed E-state index contributed by atoms with van der Waals surface area (Å²) in [7, 11) is 2.77. The van der Waals surface area contributed by atoms with E-state index in [-0.39, 0.29) is 11.3 Å². The summed E-state index contributed by atoms with van der Waals surface area (Å²) in [4.78, 5) is 16.4. The van der Waals surface area contributed by atoms with Crippen LogP contribution in [0.2, 0.25) is 10.0 Å². The van der Waals surface area contributed by atoms with Crippen molar-refractivity contribution in [2.24, 2.45) is 0 Å². The summed E-state index contributed by atoms with van der Waals surface area (Å²) in [5.74, 6) is -0.385. The van der Waals surface area contributed by atoms with Crippen LogP contribution in [-0.2, 0) is 22.4 Å². The second-order valence-corrected chi connectivity index (χ2v) is 7.73. The predicted molar refractivity (Wildman–Crippen MR) is 119 cm³/mol. The lowest BCUT2D eigenvalue weighted by atomic mass is 9.98. The molecule has 2 aromatic carbocycles. The van der Waals surface area contributed by atoms with E-state index in [0.29, 0.717) is 39.7 Å². The van der Waals surface area contributed by atoms with Crippen LogP contribution in [0.5, 0.6) is 11.5 Å². The number of nitrogens with zero attached hydrogens (tertiary/aromatic N) is 1. The molecule has 1 aromatic heterocycles. The molecule has 0 fully saturated rings. The van der Waals surface area contributed by atoms with Crippen LogP contribution >= 0.6 is 23.2 Å². The Morgan fingerprint density at radius 2 is 1.94 bits per heavy atom. The molecule has 1 atom stereocenters. The lowest BCUT2D eigenvalue weighted by Gasteiger charge is -2.20. The van der Waals surface area contributed by atoms with Gasteiger partial charge in [0.25, 0.3) is 0 Å². The van der Waals surface area contributed by atoms with E-state index in [2.05, 4.69) is 4.98 Å². The maximum Gasteiger partial charge on any atom is 0.346 e. The molecule has 1 heterocycles. The number of aryl methyl sites for hydroxylation is 1. The topological polar surface area (TPSA) is 57.7 Å². The van der Waals surface area contributed by atoms with E-state index in [0.717, 1.165) is 11.1 Å². The number of pyridine rings is 1. The molecule has 3 aromatic rings. The van der Waals surface area contributed by atoms with Crippen molar-refractivity contribution in [1.82, 2.24) is 4.98 Å². The van der Waals surface area contributed by atoms with Gasteiger partial charge in [0.15, 0.2) is 6.10 Å². The Balaban J connectivity index is 2.24. The molecule has 31 heavy (non-hydrogen) atoms. The van der Waals surface area contributed by atoms with Crippen molar-refractivity contribution in [2.75, 3.05) is 14.2 Å². The van der Waals surface area contributed by atoms with Gasteiger partial charge in [0, 0.05) is 27.7 Å². The normalized spacial score (nSPS) is 12.0. The van der Waals surface area contributed by atoms with Crippen molar-refractivity contribution >= 4 is 40.1 Å². The largest absolute Gasteiger partial charge is 0.496 e. The number of methoxy groups -OCH3 is 2. The van der Waals surface area contributed by atoms with Crippen molar-refractivity contribution in [2.45, 2.75) is 32.8 Å². The number of halogens is 3. The third kappa shape index (κ3) is 4.70. The fraction of sp³-hybridized carbons (Fsp3) is 0.304. The van der Waals surface area contributed by atoms with Gasteiger partial charge in [0.05, 0.1) is 19.6 Å². The molecule has 0 bridgehead atoms. The molecular weight excluding hydrogens is 444 g/mol. The zero-order valence-corrected chi connectivity index (χ0v) is 19.1. The molecule has 8 heteroatoms. The van der Waals surface area contributed by atoms with Crippen LogP contribution < -0.4 is 9.47 Å². The summed E-state index contributed by atoms with van der Waals surface area (Å²) in [6, 6.07) is 7.95. The second kappa shape index (κ2) is 9.71. The fourth-order valence-electron chi connectivity index (χ4n) is 3.42. The zero-order valence-electron chi connectivity index (χ0n) is 17.6. The Hall–Kier alpha value is -2.57. The van der Waals surface area contributed by atoms with Crippen LogP contribution in [0.15, 0.2) is 30.3 Å². The van der Waals surface area contributed by atoms with Gasteiger partial charge in [-0.3, -0.25) is 0 Å². The third-order valence-corrected chi connectivity index (χ3v) is 5.53. The Morgan fingerprint density at radius 3 is 2.55 bits per heavy atom. The minimum atomic E-state index is -0.900. The highest BCUT2D eigenvalue weighted by molar-refractivity contribution is 6.35. The average molecular weight is 466 g/mol. The molecule has 5 nitrogen and oxygen atoms in total. The van der Waals surface area contributed by atoms with Gasteiger partial charge in [-0.15, -0.1) is 0 Å². The number of carbonyl (C=O) groups excluding carboxylic acids is 1. The first-order chi connectivity index (χ1) is 14.8. The molecule has 0 saturated heterocycles. The summed E-state index contributed by atoms with van der Waals surface area (Å²) in [5, 5.41) is 1.38. The number of hydrogen-bond donors (Lipinski definition) is 0. The molecule has 0 spiro atoms. The summed E-state index contributed by atoms with van der Waals surface area (Å²) >= 11 is 12.4. The molecule has 0 radical (unpaired) electrons. The van der Waals surface area contributed by atoms with Gasteiger partial charge in [0.2, 0.25) is 0 Å². The molecule has 164 valence electrons. The SMILES string of the molecule is CCc1nc2c(F)ccc(O[C@@H](C)C(=O)OC)c2c(OC)c1Cc1ccc(Cl)cc1Cl. The Kier molecular flexibility index (Phi) is 7.23. The Bertz CT molecular complexity index is 1140. The van der Waals surface area contributed by atoms with Gasteiger partial charge in [-0.25, -0.2) is 14.2 Å². The van der Waals surface area contributed by atoms with E-state index in [4.69, 9.17) is 37.4 Å². The molecule has 0 unspecified atom stereocenters. The van der Waals surface area contributed by atoms with Crippen LogP contribution in [0, 0.1) is 5.82 Å².